The number of nitro benzene ring substituents is 1. The number of nitrogens with zero attached hydrogens (tertiary/aromatic N) is 2. The average molecular weight is 250 g/mol. The lowest BCUT2D eigenvalue weighted by Crippen LogP contribution is -2.14. The third-order valence-corrected chi connectivity index (χ3v) is 2.16. The van der Waals surface area contributed by atoms with Gasteiger partial charge >= 0.3 is 0 Å². The molecule has 0 aliphatic rings. The largest absolute Gasteiger partial charge is 0.307 e. The number of nitrogens with one attached hydrogen (secondary N) is 2. The zero-order valence-electron chi connectivity index (χ0n) is 8.88. The Labute approximate surface area is 99.8 Å². The number of amides is 1. The van der Waals surface area contributed by atoms with E-state index in [4.69, 9.17) is 0 Å². The van der Waals surface area contributed by atoms with Gasteiger partial charge < -0.3 is 5.32 Å². The van der Waals surface area contributed by atoms with Crippen molar-refractivity contribution in [1.29, 1.82) is 0 Å². The maximum Gasteiger partial charge on any atom is 0.272 e. The van der Waals surface area contributed by atoms with E-state index in [0.717, 1.165) is 12.1 Å². The highest BCUT2D eigenvalue weighted by Crippen LogP contribution is 2.17. The first-order valence-electron chi connectivity index (χ1n) is 4.82. The number of anilines is 1. The van der Waals surface area contributed by atoms with Gasteiger partial charge in [0.05, 0.1) is 22.7 Å². The number of H-pyrrole nitrogens is 1. The topological polar surface area (TPSA) is 101 Å². The fourth-order valence-electron chi connectivity index (χ4n) is 1.32. The van der Waals surface area contributed by atoms with Crippen LogP contribution in [0.5, 0.6) is 0 Å². The Morgan fingerprint density at radius 2 is 2.22 bits per heavy atom. The molecule has 1 aromatic heterocycles. The number of carbonyl (C=O) groups is 1. The minimum absolute atomic E-state index is 0.282. The van der Waals surface area contributed by atoms with Crippen LogP contribution in [0.3, 0.4) is 0 Å². The number of hydrogen-bond acceptors (Lipinski definition) is 4. The van der Waals surface area contributed by atoms with Gasteiger partial charge in [0.25, 0.3) is 11.6 Å². The van der Waals surface area contributed by atoms with Crippen molar-refractivity contribution in [3.05, 3.63) is 52.0 Å². The summed E-state index contributed by atoms with van der Waals surface area (Å²) in [7, 11) is 0. The summed E-state index contributed by atoms with van der Waals surface area (Å²) < 4.78 is 13.5. The lowest BCUT2D eigenvalue weighted by Gasteiger charge is -2.03. The molecule has 18 heavy (non-hydrogen) atoms. The summed E-state index contributed by atoms with van der Waals surface area (Å²) in [6.45, 7) is 0. The van der Waals surface area contributed by atoms with Crippen molar-refractivity contribution in [2.45, 2.75) is 0 Å². The van der Waals surface area contributed by atoms with Crippen molar-refractivity contribution in [2.24, 2.45) is 0 Å². The average Bonchev–Trinajstić information content (AvgIpc) is 2.81. The summed E-state index contributed by atoms with van der Waals surface area (Å²) in [5, 5.41) is 18.9. The van der Waals surface area contributed by atoms with Crippen LogP contribution in [0.25, 0.3) is 0 Å². The molecule has 0 saturated carbocycles. The van der Waals surface area contributed by atoms with Crippen molar-refractivity contribution in [2.75, 3.05) is 5.32 Å². The van der Waals surface area contributed by atoms with Crippen molar-refractivity contribution in [3.63, 3.8) is 0 Å². The number of hydrogen-bond donors (Lipinski definition) is 2. The zero-order valence-corrected chi connectivity index (χ0v) is 8.88. The number of carbonyl (C=O) groups excluding carboxylic acids is 1. The van der Waals surface area contributed by atoms with E-state index in [1.807, 2.05) is 0 Å². The summed E-state index contributed by atoms with van der Waals surface area (Å²) in [6, 6.07) is 4.30. The van der Waals surface area contributed by atoms with Gasteiger partial charge in [0, 0.05) is 12.1 Å². The van der Waals surface area contributed by atoms with Crippen LogP contribution < -0.4 is 5.32 Å². The van der Waals surface area contributed by atoms with Crippen LogP contribution in [0.15, 0.2) is 30.5 Å². The monoisotopic (exact) mass is 250 g/mol. The fourth-order valence-corrected chi connectivity index (χ4v) is 1.32. The molecular weight excluding hydrogens is 243 g/mol. The van der Waals surface area contributed by atoms with Gasteiger partial charge in [-0.3, -0.25) is 20.0 Å². The van der Waals surface area contributed by atoms with Crippen molar-refractivity contribution in [3.8, 4) is 0 Å². The first-order chi connectivity index (χ1) is 8.58. The zero-order chi connectivity index (χ0) is 13.1. The van der Waals surface area contributed by atoms with E-state index >= 15 is 0 Å². The van der Waals surface area contributed by atoms with Gasteiger partial charge in [-0.1, -0.05) is 0 Å². The Kier molecular flexibility index (Phi) is 3.00. The van der Waals surface area contributed by atoms with E-state index in [2.05, 4.69) is 15.5 Å². The second-order valence-electron chi connectivity index (χ2n) is 3.35. The van der Waals surface area contributed by atoms with E-state index in [9.17, 15) is 19.3 Å². The second kappa shape index (κ2) is 4.62. The molecule has 0 saturated heterocycles. The summed E-state index contributed by atoms with van der Waals surface area (Å²) in [5.74, 6) is -1.37. The predicted molar refractivity (Wildman–Crippen MR) is 59.6 cm³/mol. The first kappa shape index (κ1) is 11.7. The molecule has 1 amide bonds. The number of halogens is 1. The SMILES string of the molecule is O=C(Nc1ccn[nH]1)c1ccc([N+](=O)[O-])cc1F. The Morgan fingerprint density at radius 3 is 2.78 bits per heavy atom. The van der Waals surface area contributed by atoms with Crippen molar-refractivity contribution < 1.29 is 14.1 Å². The quantitative estimate of drug-likeness (QED) is 0.639. The molecule has 0 atom stereocenters. The molecule has 0 spiro atoms. The van der Waals surface area contributed by atoms with E-state index in [1.54, 1.807) is 0 Å². The molecule has 0 aliphatic carbocycles. The minimum atomic E-state index is -0.957. The third kappa shape index (κ3) is 2.32. The highest BCUT2D eigenvalue weighted by Gasteiger charge is 2.16. The smallest absolute Gasteiger partial charge is 0.272 e. The lowest BCUT2D eigenvalue weighted by atomic mass is 10.2. The Balaban J connectivity index is 2.23. The van der Waals surface area contributed by atoms with Crippen molar-refractivity contribution in [1.82, 2.24) is 10.2 Å². The molecule has 8 heteroatoms. The van der Waals surface area contributed by atoms with Gasteiger partial charge in [0.15, 0.2) is 0 Å². The Morgan fingerprint density at radius 1 is 1.44 bits per heavy atom. The summed E-state index contributed by atoms with van der Waals surface area (Å²) >= 11 is 0. The number of benzene rings is 1. The van der Waals surface area contributed by atoms with Crippen LogP contribution in [0.4, 0.5) is 15.9 Å². The van der Waals surface area contributed by atoms with Gasteiger partial charge in [-0.15, -0.1) is 0 Å². The van der Waals surface area contributed by atoms with Crippen LogP contribution in [-0.2, 0) is 0 Å². The molecule has 1 aromatic carbocycles. The number of non-ortho nitro benzene ring substituents is 1. The van der Waals surface area contributed by atoms with Crippen molar-refractivity contribution >= 4 is 17.4 Å². The standard InChI is InChI=1S/C10H7FN4O3/c11-8-5-6(15(17)18)1-2-7(8)10(16)13-9-3-4-12-14-9/h1-5H,(H2,12,13,14,16). The molecule has 0 unspecified atom stereocenters. The van der Waals surface area contributed by atoms with Gasteiger partial charge in [-0.05, 0) is 6.07 Å². The van der Waals surface area contributed by atoms with E-state index in [1.165, 1.54) is 12.3 Å². The maximum absolute atomic E-state index is 13.5. The van der Waals surface area contributed by atoms with E-state index < -0.39 is 22.3 Å². The molecule has 2 rings (SSSR count). The highest BCUT2D eigenvalue weighted by atomic mass is 19.1. The molecule has 2 aromatic rings. The van der Waals surface area contributed by atoms with Crippen LogP contribution in [0.2, 0.25) is 0 Å². The van der Waals surface area contributed by atoms with Gasteiger partial charge in [0.1, 0.15) is 11.6 Å². The number of aromatic nitrogens is 2. The Bertz CT molecular complexity index is 597. The minimum Gasteiger partial charge on any atom is -0.307 e. The molecule has 0 aliphatic heterocycles. The predicted octanol–water partition coefficient (Wildman–Crippen LogP) is 1.71. The molecule has 1 heterocycles. The van der Waals surface area contributed by atoms with Crippen LogP contribution in [0, 0.1) is 15.9 Å². The third-order valence-electron chi connectivity index (χ3n) is 2.16. The molecule has 2 N–H and O–H groups in total. The lowest BCUT2D eigenvalue weighted by molar-refractivity contribution is -0.385. The summed E-state index contributed by atoms with van der Waals surface area (Å²) in [4.78, 5) is 21.3. The highest BCUT2D eigenvalue weighted by molar-refractivity contribution is 6.04. The molecule has 0 fully saturated rings. The maximum atomic E-state index is 13.5. The van der Waals surface area contributed by atoms with Crippen LogP contribution >= 0.6 is 0 Å². The molecule has 92 valence electrons. The molecular formula is C10H7FN4O3. The summed E-state index contributed by atoms with van der Waals surface area (Å²) in [6.07, 6.45) is 1.42. The number of nitro groups is 1. The number of aromatic amines is 1. The van der Waals surface area contributed by atoms with E-state index in [0.29, 0.717) is 11.9 Å². The van der Waals surface area contributed by atoms with Gasteiger partial charge in [-0.25, -0.2) is 4.39 Å². The Hall–Kier alpha value is -2.77. The van der Waals surface area contributed by atoms with Crippen LogP contribution in [0.1, 0.15) is 10.4 Å². The molecule has 7 nitrogen and oxygen atoms in total. The molecule has 0 bridgehead atoms. The summed E-state index contributed by atoms with van der Waals surface area (Å²) in [5.41, 5.74) is -0.694. The second-order valence-corrected chi connectivity index (χ2v) is 3.35. The number of rotatable bonds is 3. The van der Waals surface area contributed by atoms with Crippen LogP contribution in [-0.4, -0.2) is 21.0 Å². The van der Waals surface area contributed by atoms with Gasteiger partial charge in [-0.2, -0.15) is 5.10 Å². The van der Waals surface area contributed by atoms with E-state index in [-0.39, 0.29) is 5.56 Å². The fraction of sp³-hybridized carbons (Fsp3) is 0. The first-order valence-corrected chi connectivity index (χ1v) is 4.82. The normalized spacial score (nSPS) is 10.1. The van der Waals surface area contributed by atoms with Gasteiger partial charge in [0.2, 0.25) is 0 Å². The molecule has 0 radical (unpaired) electrons.